The van der Waals surface area contributed by atoms with Crippen LogP contribution in [0.2, 0.25) is 0 Å². The number of nitrogens with one attached hydrogen (secondary N) is 1. The van der Waals surface area contributed by atoms with Crippen molar-refractivity contribution in [3.63, 3.8) is 0 Å². The van der Waals surface area contributed by atoms with Gasteiger partial charge in [-0.05, 0) is 31.3 Å². The second-order valence-electron chi connectivity index (χ2n) is 7.18. The van der Waals surface area contributed by atoms with Crippen molar-refractivity contribution in [2.45, 2.75) is 9.79 Å². The maximum absolute atomic E-state index is 13.7. The summed E-state index contributed by atoms with van der Waals surface area (Å²) in [4.78, 5) is 9.10. The van der Waals surface area contributed by atoms with Crippen LogP contribution in [0.15, 0.2) is 58.5 Å². The molecule has 0 radical (unpaired) electrons. The van der Waals surface area contributed by atoms with Crippen molar-refractivity contribution in [3.05, 3.63) is 54.5 Å². The zero-order valence-electron chi connectivity index (χ0n) is 16.4. The summed E-state index contributed by atoms with van der Waals surface area (Å²) in [6.07, 6.45) is 1.54. The number of pyridine rings is 1. The quantitative estimate of drug-likeness (QED) is 0.708. The SMILES string of the molecule is CNc1cnc2c(N3CCN(C)CC3)cccc2c1S(=O)(=O)c1cccc(F)c1. The summed E-state index contributed by atoms with van der Waals surface area (Å²) in [6.45, 7) is 3.55. The van der Waals surface area contributed by atoms with Crippen molar-refractivity contribution < 1.29 is 12.8 Å². The van der Waals surface area contributed by atoms with E-state index in [0.29, 0.717) is 16.6 Å². The van der Waals surface area contributed by atoms with Crippen LogP contribution >= 0.6 is 0 Å². The van der Waals surface area contributed by atoms with Crippen LogP contribution in [-0.4, -0.2) is 58.6 Å². The van der Waals surface area contributed by atoms with Crippen molar-refractivity contribution in [1.29, 1.82) is 0 Å². The Kier molecular flexibility index (Phi) is 5.14. The second-order valence-corrected chi connectivity index (χ2v) is 9.06. The number of sulfone groups is 1. The van der Waals surface area contributed by atoms with Crippen molar-refractivity contribution in [2.24, 2.45) is 0 Å². The molecule has 1 aliphatic heterocycles. The van der Waals surface area contributed by atoms with E-state index in [9.17, 15) is 12.8 Å². The number of likely N-dealkylation sites (N-methyl/N-ethyl adjacent to an activating group) is 1. The van der Waals surface area contributed by atoms with E-state index < -0.39 is 15.7 Å². The fraction of sp³-hybridized carbons (Fsp3) is 0.286. The summed E-state index contributed by atoms with van der Waals surface area (Å²) < 4.78 is 40.7. The van der Waals surface area contributed by atoms with Gasteiger partial charge in [-0.2, -0.15) is 0 Å². The molecule has 0 aliphatic carbocycles. The zero-order chi connectivity index (χ0) is 20.6. The lowest BCUT2D eigenvalue weighted by molar-refractivity contribution is 0.313. The van der Waals surface area contributed by atoms with Crippen LogP contribution in [0.4, 0.5) is 15.8 Å². The second kappa shape index (κ2) is 7.61. The number of benzene rings is 2. The Bertz CT molecular complexity index is 1160. The Balaban J connectivity index is 1.93. The van der Waals surface area contributed by atoms with E-state index in [1.165, 1.54) is 24.4 Å². The topological polar surface area (TPSA) is 65.5 Å². The van der Waals surface area contributed by atoms with E-state index in [0.717, 1.165) is 37.9 Å². The molecule has 1 N–H and O–H groups in total. The molecular formula is C21H23FN4O2S. The summed E-state index contributed by atoms with van der Waals surface area (Å²) >= 11 is 0. The number of halogens is 1. The average molecular weight is 415 g/mol. The van der Waals surface area contributed by atoms with Crippen molar-refractivity contribution in [1.82, 2.24) is 9.88 Å². The summed E-state index contributed by atoms with van der Waals surface area (Å²) in [5.41, 5.74) is 1.93. The van der Waals surface area contributed by atoms with Gasteiger partial charge >= 0.3 is 0 Å². The van der Waals surface area contributed by atoms with E-state index in [-0.39, 0.29) is 9.79 Å². The van der Waals surface area contributed by atoms with Crippen LogP contribution in [-0.2, 0) is 9.84 Å². The largest absolute Gasteiger partial charge is 0.386 e. The monoisotopic (exact) mass is 414 g/mol. The standard InChI is InChI=1S/C21H23FN4O2S/c1-23-18-14-24-20-17(7-4-8-19(20)26-11-9-25(2)10-12-26)21(18)29(27,28)16-6-3-5-15(22)13-16/h3-8,13-14,23H,9-12H2,1-2H3. The number of nitrogens with zero attached hydrogens (tertiary/aromatic N) is 3. The van der Waals surface area contributed by atoms with Crippen molar-refractivity contribution in [2.75, 3.05) is 50.5 Å². The first-order chi connectivity index (χ1) is 13.9. The van der Waals surface area contributed by atoms with Gasteiger partial charge in [-0.1, -0.05) is 18.2 Å². The smallest absolute Gasteiger partial charge is 0.209 e. The Labute approximate surface area is 169 Å². The molecule has 1 aromatic heterocycles. The molecule has 1 fully saturated rings. The maximum Gasteiger partial charge on any atom is 0.209 e. The molecule has 6 nitrogen and oxygen atoms in total. The molecule has 0 spiro atoms. The molecule has 0 saturated carbocycles. The molecule has 29 heavy (non-hydrogen) atoms. The number of rotatable bonds is 4. The van der Waals surface area contributed by atoms with Gasteiger partial charge in [0.25, 0.3) is 0 Å². The Morgan fingerprint density at radius 3 is 2.48 bits per heavy atom. The third-order valence-corrected chi connectivity index (χ3v) is 7.17. The first-order valence-corrected chi connectivity index (χ1v) is 10.9. The normalized spacial score (nSPS) is 15.6. The summed E-state index contributed by atoms with van der Waals surface area (Å²) in [5, 5.41) is 3.45. The molecule has 0 unspecified atom stereocenters. The van der Waals surface area contributed by atoms with Gasteiger partial charge in [0.2, 0.25) is 9.84 Å². The fourth-order valence-corrected chi connectivity index (χ4v) is 5.36. The van der Waals surface area contributed by atoms with Crippen molar-refractivity contribution in [3.8, 4) is 0 Å². The van der Waals surface area contributed by atoms with Gasteiger partial charge in [0, 0.05) is 38.6 Å². The molecular weight excluding hydrogens is 391 g/mol. The summed E-state index contributed by atoms with van der Waals surface area (Å²) in [5.74, 6) is -0.589. The molecule has 4 rings (SSSR count). The molecule has 2 heterocycles. The molecule has 8 heteroatoms. The fourth-order valence-electron chi connectivity index (χ4n) is 3.71. The van der Waals surface area contributed by atoms with Gasteiger partial charge in [-0.3, -0.25) is 4.98 Å². The van der Waals surface area contributed by atoms with Gasteiger partial charge in [-0.15, -0.1) is 0 Å². The van der Waals surface area contributed by atoms with Crippen LogP contribution in [0.1, 0.15) is 0 Å². The highest BCUT2D eigenvalue weighted by Crippen LogP contribution is 2.37. The van der Waals surface area contributed by atoms with Crippen LogP contribution < -0.4 is 10.2 Å². The molecule has 152 valence electrons. The molecule has 0 atom stereocenters. The summed E-state index contributed by atoms with van der Waals surface area (Å²) in [6, 6.07) is 10.7. The molecule has 3 aromatic rings. The lowest BCUT2D eigenvalue weighted by atomic mass is 10.1. The van der Waals surface area contributed by atoms with E-state index in [1.807, 2.05) is 12.1 Å². The van der Waals surface area contributed by atoms with E-state index in [2.05, 4.69) is 27.1 Å². The van der Waals surface area contributed by atoms with Gasteiger partial charge < -0.3 is 15.1 Å². The molecule has 0 bridgehead atoms. The Hall–Kier alpha value is -2.71. The predicted molar refractivity (Wildman–Crippen MR) is 113 cm³/mol. The van der Waals surface area contributed by atoms with Gasteiger partial charge in [0.05, 0.1) is 28.0 Å². The number of para-hydroxylation sites is 1. The number of aromatic nitrogens is 1. The predicted octanol–water partition coefficient (Wildman–Crippen LogP) is 3.00. The number of hydrogen-bond acceptors (Lipinski definition) is 6. The van der Waals surface area contributed by atoms with Crippen LogP contribution in [0.25, 0.3) is 10.9 Å². The highest BCUT2D eigenvalue weighted by Gasteiger charge is 2.27. The first kappa shape index (κ1) is 19.6. The van der Waals surface area contributed by atoms with Gasteiger partial charge in [0.15, 0.2) is 0 Å². The lowest BCUT2D eigenvalue weighted by Crippen LogP contribution is -2.44. The molecule has 1 saturated heterocycles. The van der Waals surface area contributed by atoms with Crippen LogP contribution in [0.5, 0.6) is 0 Å². The minimum absolute atomic E-state index is 0.0773. The van der Waals surface area contributed by atoms with E-state index >= 15 is 0 Å². The van der Waals surface area contributed by atoms with Crippen LogP contribution in [0.3, 0.4) is 0 Å². The molecule has 1 aliphatic rings. The molecule has 0 amide bonds. The minimum Gasteiger partial charge on any atom is -0.386 e. The van der Waals surface area contributed by atoms with E-state index in [1.54, 1.807) is 13.1 Å². The van der Waals surface area contributed by atoms with Gasteiger partial charge in [-0.25, -0.2) is 12.8 Å². The minimum atomic E-state index is -3.96. The zero-order valence-corrected chi connectivity index (χ0v) is 17.2. The van der Waals surface area contributed by atoms with Crippen molar-refractivity contribution >= 4 is 32.1 Å². The lowest BCUT2D eigenvalue weighted by Gasteiger charge is -2.34. The van der Waals surface area contributed by atoms with Crippen LogP contribution in [0, 0.1) is 5.82 Å². The first-order valence-electron chi connectivity index (χ1n) is 9.45. The maximum atomic E-state index is 13.7. The third-order valence-electron chi connectivity index (χ3n) is 5.32. The number of piperazine rings is 1. The Morgan fingerprint density at radius 1 is 1.07 bits per heavy atom. The van der Waals surface area contributed by atoms with Gasteiger partial charge in [0.1, 0.15) is 10.7 Å². The number of hydrogen-bond donors (Lipinski definition) is 1. The third kappa shape index (κ3) is 3.54. The van der Waals surface area contributed by atoms with E-state index in [4.69, 9.17) is 0 Å². The highest BCUT2D eigenvalue weighted by molar-refractivity contribution is 7.92. The number of anilines is 2. The Morgan fingerprint density at radius 2 is 1.79 bits per heavy atom. The highest BCUT2D eigenvalue weighted by atomic mass is 32.2. The number of fused-ring (bicyclic) bond motifs is 1. The molecule has 2 aromatic carbocycles. The summed E-state index contributed by atoms with van der Waals surface area (Å²) in [7, 11) is -0.221. The average Bonchev–Trinajstić information content (AvgIpc) is 2.73.